The van der Waals surface area contributed by atoms with E-state index in [9.17, 15) is 19.5 Å². The average molecular weight is 348 g/mol. The Hall–Kier alpha value is -2.41. The largest absolute Gasteiger partial charge is 0.480 e. The van der Waals surface area contributed by atoms with Crippen LogP contribution in [-0.4, -0.2) is 53.1 Å². The van der Waals surface area contributed by atoms with Gasteiger partial charge < -0.3 is 20.1 Å². The number of carbonyl (C=O) groups is 3. The molecule has 2 rings (SSSR count). The molecule has 0 unspecified atom stereocenters. The van der Waals surface area contributed by atoms with Crippen molar-refractivity contribution in [3.05, 3.63) is 35.9 Å². The number of benzene rings is 1. The first kappa shape index (κ1) is 18.9. The number of likely N-dealkylation sites (tertiary alicyclic amines) is 1. The molecule has 1 fully saturated rings. The average Bonchev–Trinajstić information content (AvgIpc) is 2.93. The molecule has 7 nitrogen and oxygen atoms in total. The summed E-state index contributed by atoms with van der Waals surface area (Å²) in [7, 11) is 1.39. The van der Waals surface area contributed by atoms with E-state index < -0.39 is 24.0 Å². The van der Waals surface area contributed by atoms with Gasteiger partial charge in [-0.3, -0.25) is 9.59 Å². The van der Waals surface area contributed by atoms with Crippen molar-refractivity contribution in [2.75, 3.05) is 7.11 Å². The maximum Gasteiger partial charge on any atom is 0.328 e. The molecule has 0 radical (unpaired) electrons. The van der Waals surface area contributed by atoms with Gasteiger partial charge in [0, 0.05) is 32.5 Å². The number of hydrogen-bond donors (Lipinski definition) is 2. The van der Waals surface area contributed by atoms with Crippen molar-refractivity contribution < 1.29 is 24.2 Å². The predicted molar refractivity (Wildman–Crippen MR) is 90.7 cm³/mol. The van der Waals surface area contributed by atoms with Crippen molar-refractivity contribution in [1.29, 1.82) is 0 Å². The first-order valence-electron chi connectivity index (χ1n) is 8.30. The third-order valence-electron chi connectivity index (χ3n) is 4.49. The first-order valence-corrected chi connectivity index (χ1v) is 8.30. The number of nitrogens with zero attached hydrogens (tertiary/aromatic N) is 1. The minimum Gasteiger partial charge on any atom is -0.480 e. The molecule has 1 heterocycles. The van der Waals surface area contributed by atoms with Gasteiger partial charge in [-0.1, -0.05) is 30.3 Å². The van der Waals surface area contributed by atoms with Gasteiger partial charge >= 0.3 is 5.97 Å². The van der Waals surface area contributed by atoms with E-state index in [0.717, 1.165) is 5.56 Å². The lowest BCUT2D eigenvalue weighted by molar-refractivity contribution is -0.145. The van der Waals surface area contributed by atoms with Crippen LogP contribution in [0.25, 0.3) is 0 Å². The standard InChI is InChI=1S/C18H24N2O5/c1-12(25-2)17(18(23)24)19-15(21)10-14-8-9-16(22)20(14)11-13-6-4-3-5-7-13/h3-7,12,14,17H,8-11H2,1-2H3,(H,19,21)(H,23,24)/t12-,14+,17+/m1/s1. The van der Waals surface area contributed by atoms with Crippen molar-refractivity contribution in [3.8, 4) is 0 Å². The predicted octanol–water partition coefficient (Wildman–Crippen LogP) is 1.17. The zero-order valence-corrected chi connectivity index (χ0v) is 14.5. The van der Waals surface area contributed by atoms with Crippen LogP contribution in [0.4, 0.5) is 0 Å². The molecule has 0 saturated carbocycles. The minimum absolute atomic E-state index is 0.0155. The van der Waals surface area contributed by atoms with Crippen molar-refractivity contribution in [1.82, 2.24) is 10.2 Å². The molecule has 0 aliphatic carbocycles. The van der Waals surface area contributed by atoms with E-state index in [0.29, 0.717) is 19.4 Å². The van der Waals surface area contributed by atoms with Gasteiger partial charge in [0.2, 0.25) is 11.8 Å². The maximum absolute atomic E-state index is 12.3. The fourth-order valence-corrected chi connectivity index (χ4v) is 2.97. The Kier molecular flexibility index (Phi) is 6.52. The van der Waals surface area contributed by atoms with Gasteiger partial charge in [0.25, 0.3) is 0 Å². The van der Waals surface area contributed by atoms with Gasteiger partial charge in [0.05, 0.1) is 6.10 Å². The molecule has 0 spiro atoms. The highest BCUT2D eigenvalue weighted by Crippen LogP contribution is 2.24. The second-order valence-corrected chi connectivity index (χ2v) is 6.23. The number of methoxy groups -OCH3 is 1. The zero-order valence-electron chi connectivity index (χ0n) is 14.5. The van der Waals surface area contributed by atoms with Crippen LogP contribution < -0.4 is 5.32 Å². The second-order valence-electron chi connectivity index (χ2n) is 6.23. The number of rotatable bonds is 8. The summed E-state index contributed by atoms with van der Waals surface area (Å²) in [5, 5.41) is 11.7. The Morgan fingerprint density at radius 2 is 2.04 bits per heavy atom. The molecule has 1 aromatic carbocycles. The molecule has 25 heavy (non-hydrogen) atoms. The van der Waals surface area contributed by atoms with Crippen molar-refractivity contribution in [3.63, 3.8) is 0 Å². The third-order valence-corrected chi connectivity index (χ3v) is 4.49. The molecule has 3 atom stereocenters. The summed E-state index contributed by atoms with van der Waals surface area (Å²) >= 11 is 0. The summed E-state index contributed by atoms with van der Waals surface area (Å²) in [4.78, 5) is 37.4. The highest BCUT2D eigenvalue weighted by atomic mass is 16.5. The molecule has 2 N–H and O–H groups in total. The topological polar surface area (TPSA) is 95.9 Å². The Balaban J connectivity index is 1.98. The summed E-state index contributed by atoms with van der Waals surface area (Å²) < 4.78 is 5.00. The highest BCUT2D eigenvalue weighted by Gasteiger charge is 2.34. The zero-order chi connectivity index (χ0) is 18.4. The van der Waals surface area contributed by atoms with Crippen LogP contribution in [0.5, 0.6) is 0 Å². The first-order chi connectivity index (χ1) is 11.9. The molecule has 7 heteroatoms. The number of nitrogens with one attached hydrogen (secondary N) is 1. The summed E-state index contributed by atoms with van der Waals surface area (Å²) in [5.41, 5.74) is 1.000. The fraction of sp³-hybridized carbons (Fsp3) is 0.500. The van der Waals surface area contributed by atoms with Gasteiger partial charge in [-0.25, -0.2) is 4.79 Å². The van der Waals surface area contributed by atoms with Crippen LogP contribution in [-0.2, 0) is 25.7 Å². The number of carboxylic acids is 1. The molecular weight excluding hydrogens is 324 g/mol. The summed E-state index contributed by atoms with van der Waals surface area (Å²) in [6.45, 7) is 2.04. The van der Waals surface area contributed by atoms with Gasteiger partial charge in [-0.05, 0) is 18.9 Å². The second kappa shape index (κ2) is 8.62. The summed E-state index contributed by atoms with van der Waals surface area (Å²) in [5.74, 6) is -1.53. The van der Waals surface area contributed by atoms with Crippen LogP contribution in [0.1, 0.15) is 31.7 Å². The Labute approximate surface area is 147 Å². The normalized spacial score (nSPS) is 19.5. The fourth-order valence-electron chi connectivity index (χ4n) is 2.97. The Morgan fingerprint density at radius 3 is 2.64 bits per heavy atom. The number of carbonyl (C=O) groups excluding carboxylic acids is 2. The van der Waals surface area contributed by atoms with Gasteiger partial charge in [-0.15, -0.1) is 0 Å². The quantitative estimate of drug-likeness (QED) is 0.735. The Bertz CT molecular complexity index is 619. The van der Waals surface area contributed by atoms with Crippen molar-refractivity contribution in [2.45, 2.75) is 50.9 Å². The van der Waals surface area contributed by atoms with Crippen LogP contribution in [0.15, 0.2) is 30.3 Å². The molecular formula is C18H24N2O5. The molecule has 136 valence electrons. The van der Waals surface area contributed by atoms with Crippen molar-refractivity contribution in [2.24, 2.45) is 0 Å². The van der Waals surface area contributed by atoms with Crippen LogP contribution in [0.3, 0.4) is 0 Å². The molecule has 1 aromatic rings. The minimum atomic E-state index is -1.15. The lowest BCUT2D eigenvalue weighted by Gasteiger charge is -2.26. The monoisotopic (exact) mass is 348 g/mol. The summed E-state index contributed by atoms with van der Waals surface area (Å²) in [6.07, 6.45) is 0.434. The number of hydrogen-bond acceptors (Lipinski definition) is 4. The number of ether oxygens (including phenoxy) is 1. The molecule has 1 aliphatic rings. The van der Waals surface area contributed by atoms with E-state index in [-0.39, 0.29) is 18.4 Å². The van der Waals surface area contributed by atoms with Crippen LogP contribution in [0, 0.1) is 0 Å². The Morgan fingerprint density at radius 1 is 1.36 bits per heavy atom. The van der Waals surface area contributed by atoms with E-state index >= 15 is 0 Å². The van der Waals surface area contributed by atoms with Crippen molar-refractivity contribution >= 4 is 17.8 Å². The molecule has 1 aliphatic heterocycles. The van der Waals surface area contributed by atoms with Crippen LogP contribution >= 0.6 is 0 Å². The lowest BCUT2D eigenvalue weighted by atomic mass is 10.1. The number of aliphatic carboxylic acids is 1. The van der Waals surface area contributed by atoms with E-state index in [2.05, 4.69) is 5.32 Å². The van der Waals surface area contributed by atoms with E-state index in [1.807, 2.05) is 30.3 Å². The molecule has 1 saturated heterocycles. The lowest BCUT2D eigenvalue weighted by Crippen LogP contribution is -2.49. The van der Waals surface area contributed by atoms with Gasteiger partial charge in [-0.2, -0.15) is 0 Å². The van der Waals surface area contributed by atoms with E-state index in [4.69, 9.17) is 4.74 Å². The van der Waals surface area contributed by atoms with E-state index in [1.165, 1.54) is 7.11 Å². The highest BCUT2D eigenvalue weighted by molar-refractivity contribution is 5.85. The molecule has 2 amide bonds. The number of carboxylic acid groups (broad SMARTS) is 1. The SMILES string of the molecule is CO[C@H](C)[C@H](NC(=O)C[C@@H]1CCC(=O)N1Cc1ccccc1)C(=O)O. The summed E-state index contributed by atoms with van der Waals surface area (Å²) in [6, 6.07) is 8.25. The maximum atomic E-state index is 12.3. The number of amides is 2. The smallest absolute Gasteiger partial charge is 0.328 e. The molecule has 0 bridgehead atoms. The molecule has 0 aromatic heterocycles. The van der Waals surface area contributed by atoms with E-state index in [1.54, 1.807) is 11.8 Å². The third kappa shape index (κ3) is 5.03. The van der Waals surface area contributed by atoms with Gasteiger partial charge in [0.15, 0.2) is 6.04 Å². The van der Waals surface area contributed by atoms with Gasteiger partial charge in [0.1, 0.15) is 0 Å². The van der Waals surface area contributed by atoms with Crippen LogP contribution in [0.2, 0.25) is 0 Å².